The quantitative estimate of drug-likeness (QED) is 0.315. The Balaban J connectivity index is 2.43. The molecule has 7 heteroatoms. The van der Waals surface area contributed by atoms with Crippen molar-refractivity contribution in [3.8, 4) is 5.75 Å². The highest BCUT2D eigenvalue weighted by Gasteiger charge is 2.20. The fraction of sp³-hybridized carbons (Fsp3) is 0.333. The van der Waals surface area contributed by atoms with Gasteiger partial charge >= 0.3 is 5.97 Å². The fourth-order valence-corrected chi connectivity index (χ4v) is 3.18. The van der Waals surface area contributed by atoms with E-state index < -0.39 is 11.9 Å². The van der Waals surface area contributed by atoms with Gasteiger partial charge in [-0.25, -0.2) is 4.39 Å². The fourth-order valence-electron chi connectivity index (χ4n) is 2.98. The Morgan fingerprint density at radius 1 is 1.32 bits per heavy atom. The number of allylic oxidation sites excluding steroid dienone is 1. The molecule has 1 atom stereocenters. The average Bonchev–Trinajstić information content (AvgIpc) is 2.72. The third kappa shape index (κ3) is 6.67. The van der Waals surface area contributed by atoms with Gasteiger partial charge in [-0.05, 0) is 36.6 Å². The summed E-state index contributed by atoms with van der Waals surface area (Å²) < 4.78 is 26.2. The van der Waals surface area contributed by atoms with E-state index in [0.29, 0.717) is 34.0 Å². The average molecular weight is 445 g/mol. The lowest BCUT2D eigenvalue weighted by molar-refractivity contribution is -0.142. The highest BCUT2D eigenvalue weighted by molar-refractivity contribution is 7.85. The number of aromatic nitrogens is 1. The van der Waals surface area contributed by atoms with Crippen LogP contribution in [0.4, 0.5) is 4.39 Å². The molecule has 2 aromatic rings. The van der Waals surface area contributed by atoms with Crippen molar-refractivity contribution in [2.24, 2.45) is 11.7 Å². The summed E-state index contributed by atoms with van der Waals surface area (Å²) in [4.78, 5) is 16.3. The van der Waals surface area contributed by atoms with Crippen molar-refractivity contribution < 1.29 is 18.7 Å². The molecule has 0 aliphatic carbocycles. The summed E-state index contributed by atoms with van der Waals surface area (Å²) in [6.45, 7) is 9.92. The van der Waals surface area contributed by atoms with Gasteiger partial charge in [-0.15, -0.1) is 12.6 Å². The molecule has 0 amide bonds. The summed E-state index contributed by atoms with van der Waals surface area (Å²) in [5, 5.41) is 0. The van der Waals surface area contributed by atoms with Gasteiger partial charge in [0, 0.05) is 28.8 Å². The number of nitrogens with zero attached hydrogens (tertiary/aromatic N) is 1. The molecule has 0 bridgehead atoms. The van der Waals surface area contributed by atoms with E-state index in [9.17, 15) is 9.18 Å². The highest BCUT2D eigenvalue weighted by atomic mass is 32.1. The van der Waals surface area contributed by atoms with Crippen molar-refractivity contribution in [2.45, 2.75) is 39.8 Å². The molecule has 0 aliphatic rings. The summed E-state index contributed by atoms with van der Waals surface area (Å²) in [6.07, 6.45) is 2.96. The lowest BCUT2D eigenvalue weighted by Crippen LogP contribution is -2.22. The molecule has 0 fully saturated rings. The van der Waals surface area contributed by atoms with Crippen molar-refractivity contribution in [3.05, 3.63) is 76.7 Å². The van der Waals surface area contributed by atoms with Gasteiger partial charge in [0.1, 0.15) is 11.9 Å². The van der Waals surface area contributed by atoms with Crippen molar-refractivity contribution >= 4 is 24.2 Å². The molecular formula is C24H29FN2O3S. The zero-order chi connectivity index (χ0) is 23.0. The summed E-state index contributed by atoms with van der Waals surface area (Å²) in [6, 6.07) is 8.85. The number of hydrogen-bond acceptors (Lipinski definition) is 6. The molecule has 0 spiro atoms. The molecule has 31 heavy (non-hydrogen) atoms. The Hall–Kier alpha value is -2.64. The van der Waals surface area contributed by atoms with Gasteiger partial charge in [-0.2, -0.15) is 0 Å². The Labute approximate surface area is 188 Å². The summed E-state index contributed by atoms with van der Waals surface area (Å²) in [5.41, 5.74) is 7.29. The number of carbonyl (C=O) groups is 1. The maximum absolute atomic E-state index is 14.9. The van der Waals surface area contributed by atoms with E-state index in [4.69, 9.17) is 15.2 Å². The number of rotatable bonds is 10. The molecule has 1 aromatic carbocycles. The number of hydrogen-bond donors (Lipinski definition) is 2. The predicted molar refractivity (Wildman–Crippen MR) is 124 cm³/mol. The highest BCUT2D eigenvalue weighted by Crippen LogP contribution is 2.31. The Morgan fingerprint density at radius 2 is 2.03 bits per heavy atom. The van der Waals surface area contributed by atoms with Crippen LogP contribution in [0.3, 0.4) is 0 Å². The first-order valence-corrected chi connectivity index (χ1v) is 10.6. The third-order valence-corrected chi connectivity index (χ3v) is 4.86. The zero-order valence-electron chi connectivity index (χ0n) is 18.1. The van der Waals surface area contributed by atoms with Gasteiger partial charge in [0.2, 0.25) is 0 Å². The summed E-state index contributed by atoms with van der Waals surface area (Å²) >= 11 is 4.38. The monoisotopic (exact) mass is 444 g/mol. The molecule has 166 valence electrons. The molecule has 0 saturated heterocycles. The molecular weight excluding hydrogens is 415 g/mol. The Bertz CT molecular complexity index is 960. The number of nitrogens with two attached hydrogens (primary N) is 1. The van der Waals surface area contributed by atoms with Crippen LogP contribution in [-0.4, -0.2) is 23.7 Å². The SMILES string of the molecule is C=C(S)/C(=C\C(Oc1ccccc1CC(=O)OCC)C(C)C)c1ccnc(CN)c1F. The minimum absolute atomic E-state index is 0.0165. The molecule has 0 aliphatic heterocycles. The maximum atomic E-state index is 14.9. The molecule has 5 nitrogen and oxygen atoms in total. The number of pyridine rings is 1. The number of para-hydroxylation sites is 1. The predicted octanol–water partition coefficient (Wildman–Crippen LogP) is 4.72. The van der Waals surface area contributed by atoms with Gasteiger partial charge in [-0.1, -0.05) is 38.6 Å². The van der Waals surface area contributed by atoms with Gasteiger partial charge in [-0.3, -0.25) is 9.78 Å². The second kappa shape index (κ2) is 11.7. The largest absolute Gasteiger partial charge is 0.486 e. The minimum Gasteiger partial charge on any atom is -0.486 e. The van der Waals surface area contributed by atoms with E-state index >= 15 is 0 Å². The number of benzene rings is 1. The first-order chi connectivity index (χ1) is 14.8. The van der Waals surface area contributed by atoms with E-state index in [1.807, 2.05) is 32.0 Å². The van der Waals surface area contributed by atoms with E-state index in [1.54, 1.807) is 25.1 Å². The van der Waals surface area contributed by atoms with Crippen LogP contribution in [0.5, 0.6) is 5.75 Å². The van der Waals surface area contributed by atoms with Crippen molar-refractivity contribution in [2.75, 3.05) is 6.61 Å². The van der Waals surface area contributed by atoms with Gasteiger partial charge in [0.05, 0.1) is 18.7 Å². The van der Waals surface area contributed by atoms with Crippen molar-refractivity contribution in [1.82, 2.24) is 4.98 Å². The second-order valence-corrected chi connectivity index (χ2v) is 7.81. The van der Waals surface area contributed by atoms with Gasteiger partial charge in [0.15, 0.2) is 5.82 Å². The van der Waals surface area contributed by atoms with Gasteiger partial charge < -0.3 is 15.2 Å². The Kier molecular flexibility index (Phi) is 9.27. The topological polar surface area (TPSA) is 74.4 Å². The van der Waals surface area contributed by atoms with Crippen LogP contribution in [0.25, 0.3) is 5.57 Å². The number of carbonyl (C=O) groups excluding carboxylic acids is 1. The van der Waals surface area contributed by atoms with Crippen LogP contribution in [0.2, 0.25) is 0 Å². The molecule has 1 unspecified atom stereocenters. The molecule has 0 radical (unpaired) electrons. The standard InChI is InChI=1S/C24H29FN2O3S/c1-5-29-23(28)12-17-8-6-7-9-21(17)30-22(15(2)3)13-19(16(4)31)18-10-11-27-20(14-26)24(18)25/h6-11,13,15,22,31H,4-5,12,14,26H2,1-3H3/b19-13+. The zero-order valence-corrected chi connectivity index (χ0v) is 19.0. The smallest absolute Gasteiger partial charge is 0.310 e. The van der Waals surface area contributed by atoms with Crippen LogP contribution in [0.15, 0.2) is 54.1 Å². The lowest BCUT2D eigenvalue weighted by Gasteiger charge is -2.23. The summed E-state index contributed by atoms with van der Waals surface area (Å²) in [5.74, 6) is -0.228. The second-order valence-electron chi connectivity index (χ2n) is 7.27. The minimum atomic E-state index is -0.503. The van der Waals surface area contributed by atoms with Crippen LogP contribution in [-0.2, 0) is 22.5 Å². The molecule has 2 N–H and O–H groups in total. The van der Waals surface area contributed by atoms with Crippen LogP contribution < -0.4 is 10.5 Å². The number of esters is 1. The summed E-state index contributed by atoms with van der Waals surface area (Å²) in [7, 11) is 0. The first-order valence-electron chi connectivity index (χ1n) is 10.1. The van der Waals surface area contributed by atoms with E-state index in [1.165, 1.54) is 6.20 Å². The maximum Gasteiger partial charge on any atom is 0.310 e. The normalized spacial score (nSPS) is 12.5. The van der Waals surface area contributed by atoms with E-state index in [0.717, 1.165) is 0 Å². The molecule has 2 rings (SSSR count). The molecule has 1 heterocycles. The first kappa shape index (κ1) is 24.6. The van der Waals surface area contributed by atoms with Crippen LogP contribution in [0.1, 0.15) is 37.6 Å². The van der Waals surface area contributed by atoms with E-state index in [-0.39, 0.29) is 30.5 Å². The molecule has 1 aromatic heterocycles. The number of halogens is 1. The Morgan fingerprint density at radius 3 is 2.65 bits per heavy atom. The van der Waals surface area contributed by atoms with Gasteiger partial charge in [0.25, 0.3) is 0 Å². The van der Waals surface area contributed by atoms with Crippen LogP contribution in [0, 0.1) is 11.7 Å². The number of thiol groups is 1. The van der Waals surface area contributed by atoms with Crippen molar-refractivity contribution in [3.63, 3.8) is 0 Å². The third-order valence-electron chi connectivity index (χ3n) is 4.62. The molecule has 0 saturated carbocycles. The lowest BCUT2D eigenvalue weighted by atomic mass is 9.98. The van der Waals surface area contributed by atoms with E-state index in [2.05, 4.69) is 24.2 Å². The van der Waals surface area contributed by atoms with Crippen molar-refractivity contribution in [1.29, 1.82) is 0 Å². The number of ether oxygens (including phenoxy) is 2. The van der Waals surface area contributed by atoms with Crippen LogP contribution >= 0.6 is 12.6 Å².